The molecule has 1 unspecified atom stereocenters. The first-order chi connectivity index (χ1) is 5.29. The molecule has 0 N–H and O–H groups in total. The van der Waals surface area contributed by atoms with Crippen LogP contribution >= 0.6 is 12.6 Å². The lowest BCUT2D eigenvalue weighted by molar-refractivity contribution is 0.0634. The minimum atomic E-state index is 0.567. The summed E-state index contributed by atoms with van der Waals surface area (Å²) < 4.78 is 5.29. The van der Waals surface area contributed by atoms with Gasteiger partial charge in [0.1, 0.15) is 0 Å². The Hall–Kier alpha value is 0.310. The SMILES string of the molecule is CC(S)CCC1CCOCC1. The Morgan fingerprint density at radius 1 is 1.45 bits per heavy atom. The molecule has 0 amide bonds. The van der Waals surface area contributed by atoms with E-state index in [1.807, 2.05) is 0 Å². The molecule has 0 saturated carbocycles. The largest absolute Gasteiger partial charge is 0.381 e. The zero-order chi connectivity index (χ0) is 8.10. The Kier molecular flexibility index (Phi) is 4.31. The number of ether oxygens (including phenoxy) is 1. The number of hydrogen-bond acceptors (Lipinski definition) is 2. The molecule has 11 heavy (non-hydrogen) atoms. The molecular formula is C9H18OS. The summed E-state index contributed by atoms with van der Waals surface area (Å²) in [6.45, 7) is 4.12. The minimum Gasteiger partial charge on any atom is -0.381 e. The van der Waals surface area contributed by atoms with Crippen molar-refractivity contribution in [2.24, 2.45) is 5.92 Å². The topological polar surface area (TPSA) is 9.23 Å². The predicted octanol–water partition coefficient (Wildman–Crippen LogP) is 2.51. The summed E-state index contributed by atoms with van der Waals surface area (Å²) >= 11 is 4.37. The van der Waals surface area contributed by atoms with Gasteiger partial charge in [0.2, 0.25) is 0 Å². The summed E-state index contributed by atoms with van der Waals surface area (Å²) in [6.07, 6.45) is 5.13. The van der Waals surface area contributed by atoms with Gasteiger partial charge in [-0.1, -0.05) is 6.92 Å². The van der Waals surface area contributed by atoms with Gasteiger partial charge in [-0.25, -0.2) is 0 Å². The third kappa shape index (κ3) is 4.02. The fourth-order valence-corrected chi connectivity index (χ4v) is 1.66. The lowest BCUT2D eigenvalue weighted by Crippen LogP contribution is -2.16. The average molecular weight is 174 g/mol. The van der Waals surface area contributed by atoms with Crippen LogP contribution in [0.15, 0.2) is 0 Å². The van der Waals surface area contributed by atoms with Gasteiger partial charge < -0.3 is 4.74 Å². The first-order valence-electron chi connectivity index (χ1n) is 4.55. The van der Waals surface area contributed by atoms with E-state index in [9.17, 15) is 0 Å². The second-order valence-electron chi connectivity index (χ2n) is 3.48. The molecule has 1 atom stereocenters. The van der Waals surface area contributed by atoms with E-state index >= 15 is 0 Å². The summed E-state index contributed by atoms with van der Waals surface area (Å²) in [5, 5.41) is 0.567. The molecule has 1 aliphatic rings. The van der Waals surface area contributed by atoms with Gasteiger partial charge in [0.25, 0.3) is 0 Å². The van der Waals surface area contributed by atoms with Gasteiger partial charge in [0.15, 0.2) is 0 Å². The van der Waals surface area contributed by atoms with Gasteiger partial charge in [-0.15, -0.1) is 0 Å². The molecule has 0 bridgehead atoms. The summed E-state index contributed by atoms with van der Waals surface area (Å²) in [6, 6.07) is 0. The maximum Gasteiger partial charge on any atom is 0.0468 e. The van der Waals surface area contributed by atoms with Crippen molar-refractivity contribution in [3.05, 3.63) is 0 Å². The van der Waals surface area contributed by atoms with Crippen LogP contribution in [-0.2, 0) is 4.74 Å². The number of hydrogen-bond donors (Lipinski definition) is 1. The van der Waals surface area contributed by atoms with E-state index in [-0.39, 0.29) is 0 Å². The van der Waals surface area contributed by atoms with Gasteiger partial charge >= 0.3 is 0 Å². The zero-order valence-electron chi connectivity index (χ0n) is 7.25. The highest BCUT2D eigenvalue weighted by molar-refractivity contribution is 7.80. The van der Waals surface area contributed by atoms with Gasteiger partial charge in [-0.2, -0.15) is 12.6 Å². The maximum absolute atomic E-state index is 5.29. The molecule has 0 aliphatic carbocycles. The van der Waals surface area contributed by atoms with Crippen molar-refractivity contribution in [3.63, 3.8) is 0 Å². The highest BCUT2D eigenvalue weighted by Gasteiger charge is 2.13. The standard InChI is InChI=1S/C9H18OS/c1-8(11)2-3-9-4-6-10-7-5-9/h8-9,11H,2-7H2,1H3. The fraction of sp³-hybridized carbons (Fsp3) is 1.00. The molecule has 1 nitrogen and oxygen atoms in total. The van der Waals surface area contributed by atoms with Crippen LogP contribution in [0.25, 0.3) is 0 Å². The second kappa shape index (κ2) is 5.04. The Labute approximate surface area is 74.9 Å². The Balaban J connectivity index is 2.05. The molecule has 0 spiro atoms. The van der Waals surface area contributed by atoms with E-state index in [1.54, 1.807) is 0 Å². The van der Waals surface area contributed by atoms with E-state index in [0.29, 0.717) is 5.25 Å². The maximum atomic E-state index is 5.29. The summed E-state index contributed by atoms with van der Waals surface area (Å²) in [4.78, 5) is 0. The van der Waals surface area contributed by atoms with Crippen molar-refractivity contribution in [3.8, 4) is 0 Å². The number of rotatable bonds is 3. The highest BCUT2D eigenvalue weighted by Crippen LogP contribution is 2.21. The van der Waals surface area contributed by atoms with E-state index < -0.39 is 0 Å². The second-order valence-corrected chi connectivity index (χ2v) is 4.36. The molecular weight excluding hydrogens is 156 g/mol. The molecule has 0 aromatic carbocycles. The van der Waals surface area contributed by atoms with Crippen LogP contribution in [0.5, 0.6) is 0 Å². The summed E-state index contributed by atoms with van der Waals surface area (Å²) in [5.41, 5.74) is 0. The Bertz CT molecular complexity index is 97.7. The lowest BCUT2D eigenvalue weighted by Gasteiger charge is -2.22. The third-order valence-electron chi connectivity index (χ3n) is 2.33. The molecule has 66 valence electrons. The predicted molar refractivity (Wildman–Crippen MR) is 51.2 cm³/mol. The van der Waals surface area contributed by atoms with E-state index in [4.69, 9.17) is 4.74 Å². The van der Waals surface area contributed by atoms with Crippen molar-refractivity contribution < 1.29 is 4.74 Å². The first kappa shape index (κ1) is 9.40. The highest BCUT2D eigenvalue weighted by atomic mass is 32.1. The quantitative estimate of drug-likeness (QED) is 0.647. The Morgan fingerprint density at radius 2 is 2.09 bits per heavy atom. The molecule has 1 aliphatic heterocycles. The van der Waals surface area contributed by atoms with Crippen LogP contribution in [0.4, 0.5) is 0 Å². The van der Waals surface area contributed by atoms with Crippen LogP contribution in [0.2, 0.25) is 0 Å². The molecule has 0 aromatic rings. The Morgan fingerprint density at radius 3 is 2.64 bits per heavy atom. The van der Waals surface area contributed by atoms with E-state index in [2.05, 4.69) is 19.6 Å². The monoisotopic (exact) mass is 174 g/mol. The van der Waals surface area contributed by atoms with Gasteiger partial charge in [0.05, 0.1) is 0 Å². The van der Waals surface area contributed by atoms with Crippen LogP contribution in [-0.4, -0.2) is 18.5 Å². The summed E-state index contributed by atoms with van der Waals surface area (Å²) in [5.74, 6) is 0.915. The van der Waals surface area contributed by atoms with Crippen molar-refractivity contribution >= 4 is 12.6 Å². The van der Waals surface area contributed by atoms with Crippen molar-refractivity contribution in [1.82, 2.24) is 0 Å². The van der Waals surface area contributed by atoms with Crippen LogP contribution in [0, 0.1) is 5.92 Å². The van der Waals surface area contributed by atoms with Crippen LogP contribution in [0.1, 0.15) is 32.6 Å². The molecule has 0 radical (unpaired) electrons. The molecule has 1 saturated heterocycles. The average Bonchev–Trinajstić information content (AvgIpc) is 2.03. The summed E-state index contributed by atoms with van der Waals surface area (Å²) in [7, 11) is 0. The van der Waals surface area contributed by atoms with Gasteiger partial charge in [-0.3, -0.25) is 0 Å². The van der Waals surface area contributed by atoms with E-state index in [1.165, 1.54) is 25.7 Å². The zero-order valence-corrected chi connectivity index (χ0v) is 8.15. The third-order valence-corrected chi connectivity index (χ3v) is 2.59. The normalized spacial score (nSPS) is 23.5. The molecule has 1 heterocycles. The lowest BCUT2D eigenvalue weighted by atomic mass is 9.94. The van der Waals surface area contributed by atoms with E-state index in [0.717, 1.165) is 19.1 Å². The number of thiol groups is 1. The van der Waals surface area contributed by atoms with Crippen molar-refractivity contribution in [2.75, 3.05) is 13.2 Å². The van der Waals surface area contributed by atoms with Crippen LogP contribution < -0.4 is 0 Å². The first-order valence-corrected chi connectivity index (χ1v) is 5.06. The molecule has 1 fully saturated rings. The molecule has 0 aromatic heterocycles. The fourth-order valence-electron chi connectivity index (χ4n) is 1.51. The van der Waals surface area contributed by atoms with Gasteiger partial charge in [0, 0.05) is 13.2 Å². The van der Waals surface area contributed by atoms with Crippen molar-refractivity contribution in [2.45, 2.75) is 37.9 Å². The minimum absolute atomic E-state index is 0.567. The van der Waals surface area contributed by atoms with Crippen molar-refractivity contribution in [1.29, 1.82) is 0 Å². The van der Waals surface area contributed by atoms with Gasteiger partial charge in [-0.05, 0) is 36.9 Å². The van der Waals surface area contributed by atoms with Crippen LogP contribution in [0.3, 0.4) is 0 Å². The molecule has 1 rings (SSSR count). The smallest absolute Gasteiger partial charge is 0.0468 e. The molecule has 2 heteroatoms.